The van der Waals surface area contributed by atoms with Gasteiger partial charge >= 0.3 is 0 Å². The van der Waals surface area contributed by atoms with Gasteiger partial charge in [-0.2, -0.15) is 5.10 Å². The lowest BCUT2D eigenvalue weighted by molar-refractivity contribution is 0.147. The third-order valence-corrected chi connectivity index (χ3v) is 5.16. The van der Waals surface area contributed by atoms with Crippen molar-refractivity contribution < 1.29 is 5.11 Å². The van der Waals surface area contributed by atoms with Gasteiger partial charge in [-0.1, -0.05) is 30.3 Å². The molecule has 1 unspecified atom stereocenters. The van der Waals surface area contributed by atoms with Crippen LogP contribution in [0.1, 0.15) is 36.1 Å². The minimum absolute atomic E-state index is 0.0729. The first-order valence-electron chi connectivity index (χ1n) is 9.05. The molecule has 134 valence electrons. The maximum absolute atomic E-state index is 10.9. The average molecular weight is 348 g/mol. The molecule has 26 heavy (non-hydrogen) atoms. The second-order valence-electron chi connectivity index (χ2n) is 6.80. The number of rotatable bonds is 3. The van der Waals surface area contributed by atoms with Crippen molar-refractivity contribution in [2.75, 3.05) is 17.2 Å². The van der Waals surface area contributed by atoms with Gasteiger partial charge in [0.05, 0.1) is 11.4 Å². The van der Waals surface area contributed by atoms with Crippen LogP contribution in [-0.4, -0.2) is 27.7 Å². The van der Waals surface area contributed by atoms with Gasteiger partial charge in [0.15, 0.2) is 0 Å². The second kappa shape index (κ2) is 6.50. The first kappa shape index (κ1) is 16.7. The normalized spacial score (nSPS) is 19.4. The predicted molar refractivity (Wildman–Crippen MR) is 105 cm³/mol. The van der Waals surface area contributed by atoms with E-state index in [1.54, 1.807) is 0 Å². The Labute approximate surface area is 153 Å². The molecule has 1 aromatic heterocycles. The zero-order chi connectivity index (χ0) is 18.3. The first-order valence-corrected chi connectivity index (χ1v) is 9.05. The van der Waals surface area contributed by atoms with Gasteiger partial charge in [0.25, 0.3) is 0 Å². The number of fused-ring (bicyclic) bond motifs is 1. The van der Waals surface area contributed by atoms with E-state index >= 15 is 0 Å². The van der Waals surface area contributed by atoms with Crippen molar-refractivity contribution in [3.05, 3.63) is 71.4 Å². The summed E-state index contributed by atoms with van der Waals surface area (Å²) in [6, 6.07) is 18.0. The zero-order valence-electron chi connectivity index (χ0n) is 15.1. The Morgan fingerprint density at radius 3 is 2.62 bits per heavy atom. The minimum Gasteiger partial charge on any atom is -0.399 e. The number of nitrogens with two attached hydrogens (primary N) is 1. The van der Waals surface area contributed by atoms with E-state index in [2.05, 4.69) is 13.0 Å². The summed E-state index contributed by atoms with van der Waals surface area (Å²) >= 11 is 0. The standard InChI is InChI=1S/C21H24N4O/c1-3-24-19(26)13-18(15-8-7-9-16(22)12-15)20-14(2)23-25(21(20)24)17-10-5-4-6-11-17/h4-12,18-19,26H,3,13,22H2,1-2H3/t18-,19?/m0/s1. The van der Waals surface area contributed by atoms with E-state index in [4.69, 9.17) is 10.8 Å². The number of aliphatic hydroxyl groups excluding tert-OH is 1. The fourth-order valence-electron chi connectivity index (χ4n) is 4.00. The molecule has 0 radical (unpaired) electrons. The van der Waals surface area contributed by atoms with E-state index in [1.807, 2.05) is 65.0 Å². The summed E-state index contributed by atoms with van der Waals surface area (Å²) in [6.07, 6.45) is 0.0727. The summed E-state index contributed by atoms with van der Waals surface area (Å²) in [6.45, 7) is 4.82. The number of anilines is 2. The Kier molecular flexibility index (Phi) is 4.17. The molecule has 0 amide bonds. The van der Waals surface area contributed by atoms with E-state index in [0.717, 1.165) is 35.0 Å². The monoisotopic (exact) mass is 348 g/mol. The van der Waals surface area contributed by atoms with E-state index in [9.17, 15) is 5.11 Å². The molecular formula is C21H24N4O. The van der Waals surface area contributed by atoms with E-state index in [0.29, 0.717) is 6.42 Å². The van der Waals surface area contributed by atoms with E-state index in [-0.39, 0.29) is 5.92 Å². The van der Waals surface area contributed by atoms with E-state index < -0.39 is 6.23 Å². The van der Waals surface area contributed by atoms with Crippen molar-refractivity contribution in [2.24, 2.45) is 0 Å². The molecule has 0 saturated carbocycles. The Balaban J connectivity index is 1.93. The molecule has 4 rings (SSSR count). The Morgan fingerprint density at radius 2 is 1.92 bits per heavy atom. The van der Waals surface area contributed by atoms with Crippen LogP contribution >= 0.6 is 0 Å². The molecule has 2 heterocycles. The van der Waals surface area contributed by atoms with Gasteiger partial charge in [-0.25, -0.2) is 4.68 Å². The highest BCUT2D eigenvalue weighted by molar-refractivity contribution is 5.62. The molecule has 5 heteroatoms. The van der Waals surface area contributed by atoms with Gasteiger partial charge < -0.3 is 15.7 Å². The number of aliphatic hydroxyl groups is 1. The molecule has 0 aliphatic carbocycles. The van der Waals surface area contributed by atoms with Crippen molar-refractivity contribution >= 4 is 11.5 Å². The molecule has 0 bridgehead atoms. The second-order valence-corrected chi connectivity index (χ2v) is 6.80. The predicted octanol–water partition coefficient (Wildman–Crippen LogP) is 3.44. The number of para-hydroxylation sites is 1. The van der Waals surface area contributed by atoms with Crippen molar-refractivity contribution in [1.82, 2.24) is 9.78 Å². The van der Waals surface area contributed by atoms with Crippen molar-refractivity contribution in [3.8, 4) is 5.69 Å². The number of nitrogen functional groups attached to an aromatic ring is 1. The summed E-state index contributed by atoms with van der Waals surface area (Å²) in [7, 11) is 0. The van der Waals surface area contributed by atoms with Crippen LogP contribution in [0.25, 0.3) is 5.69 Å². The van der Waals surface area contributed by atoms with Crippen molar-refractivity contribution in [1.29, 1.82) is 0 Å². The summed E-state index contributed by atoms with van der Waals surface area (Å²) in [4.78, 5) is 2.03. The number of aromatic nitrogens is 2. The number of nitrogens with zero attached hydrogens (tertiary/aromatic N) is 3. The fraction of sp³-hybridized carbons (Fsp3) is 0.286. The molecule has 0 fully saturated rings. The Hall–Kier alpha value is -2.79. The molecule has 0 spiro atoms. The van der Waals surface area contributed by atoms with Gasteiger partial charge in [-0.05, 0) is 43.7 Å². The molecule has 1 aliphatic rings. The number of aryl methyl sites for hydroxylation is 1. The molecule has 5 nitrogen and oxygen atoms in total. The average Bonchev–Trinajstić information content (AvgIpc) is 2.99. The van der Waals surface area contributed by atoms with Crippen LogP contribution in [0.4, 0.5) is 11.5 Å². The van der Waals surface area contributed by atoms with E-state index in [1.165, 1.54) is 5.56 Å². The minimum atomic E-state index is -0.558. The lowest BCUT2D eigenvalue weighted by atomic mass is 9.84. The maximum Gasteiger partial charge on any atom is 0.138 e. The summed E-state index contributed by atoms with van der Waals surface area (Å²) in [5, 5.41) is 15.7. The van der Waals surface area contributed by atoms with Gasteiger partial charge in [0.2, 0.25) is 0 Å². The van der Waals surface area contributed by atoms with Gasteiger partial charge in [-0.15, -0.1) is 0 Å². The maximum atomic E-state index is 10.9. The number of hydrogen-bond donors (Lipinski definition) is 2. The Bertz CT molecular complexity index is 919. The molecule has 1 aliphatic heterocycles. The van der Waals surface area contributed by atoms with Crippen molar-refractivity contribution in [2.45, 2.75) is 32.4 Å². The van der Waals surface area contributed by atoms with Crippen LogP contribution in [0.5, 0.6) is 0 Å². The third-order valence-electron chi connectivity index (χ3n) is 5.16. The zero-order valence-corrected chi connectivity index (χ0v) is 15.1. The highest BCUT2D eigenvalue weighted by atomic mass is 16.3. The number of benzene rings is 2. The summed E-state index contributed by atoms with van der Waals surface area (Å²) in [5.74, 6) is 1.05. The van der Waals surface area contributed by atoms with Gasteiger partial charge in [0, 0.05) is 30.1 Å². The van der Waals surface area contributed by atoms with Gasteiger partial charge in [-0.3, -0.25) is 0 Å². The highest BCUT2D eigenvalue weighted by Gasteiger charge is 2.37. The van der Waals surface area contributed by atoms with Crippen LogP contribution in [-0.2, 0) is 0 Å². The van der Waals surface area contributed by atoms with Crippen LogP contribution < -0.4 is 10.6 Å². The SMILES string of the molecule is CCN1c2c(c(C)nn2-c2ccccc2)[C@H](c2cccc(N)c2)CC1O. The summed E-state index contributed by atoms with van der Waals surface area (Å²) in [5.41, 5.74) is 11.0. The lowest BCUT2D eigenvalue weighted by Gasteiger charge is -2.38. The molecule has 0 saturated heterocycles. The van der Waals surface area contributed by atoms with Crippen LogP contribution in [0.3, 0.4) is 0 Å². The number of hydrogen-bond acceptors (Lipinski definition) is 4. The smallest absolute Gasteiger partial charge is 0.138 e. The molecular weight excluding hydrogens is 324 g/mol. The highest BCUT2D eigenvalue weighted by Crippen LogP contribution is 2.44. The third kappa shape index (κ3) is 2.65. The Morgan fingerprint density at radius 1 is 1.15 bits per heavy atom. The largest absolute Gasteiger partial charge is 0.399 e. The summed E-state index contributed by atoms with van der Waals surface area (Å²) < 4.78 is 1.95. The lowest BCUT2D eigenvalue weighted by Crippen LogP contribution is -2.41. The van der Waals surface area contributed by atoms with Gasteiger partial charge in [0.1, 0.15) is 12.0 Å². The fourth-order valence-corrected chi connectivity index (χ4v) is 4.00. The molecule has 3 N–H and O–H groups in total. The topological polar surface area (TPSA) is 67.3 Å². The molecule has 2 aromatic carbocycles. The quantitative estimate of drug-likeness (QED) is 0.712. The molecule has 2 atom stereocenters. The first-order chi connectivity index (χ1) is 12.6. The van der Waals surface area contributed by atoms with Crippen molar-refractivity contribution in [3.63, 3.8) is 0 Å². The molecule has 3 aromatic rings. The van der Waals surface area contributed by atoms with Crippen LogP contribution in [0.15, 0.2) is 54.6 Å². The van der Waals surface area contributed by atoms with Crippen LogP contribution in [0, 0.1) is 6.92 Å². The van der Waals surface area contributed by atoms with Crippen LogP contribution in [0.2, 0.25) is 0 Å².